The second kappa shape index (κ2) is 9.65. The lowest BCUT2D eigenvalue weighted by Gasteiger charge is -2.21. The van der Waals surface area contributed by atoms with E-state index in [1.807, 2.05) is 0 Å². The monoisotopic (exact) mass is 566 g/mol. The highest BCUT2D eigenvalue weighted by molar-refractivity contribution is 7.91. The summed E-state index contributed by atoms with van der Waals surface area (Å²) in [6.07, 6.45) is -4.36. The summed E-state index contributed by atoms with van der Waals surface area (Å²) in [6.45, 7) is -1.41. The summed E-state index contributed by atoms with van der Waals surface area (Å²) in [7, 11) is -4.40. The molecule has 3 aromatic rings. The van der Waals surface area contributed by atoms with E-state index in [0.717, 1.165) is 18.5 Å². The zero-order chi connectivity index (χ0) is 26.3. The van der Waals surface area contributed by atoms with Gasteiger partial charge in [-0.2, -0.15) is 17.5 Å². The molecule has 0 bridgehead atoms. The maximum Gasteiger partial charge on any atom is 0.416 e. The topological polar surface area (TPSA) is 92.3 Å². The molecule has 1 N–H and O–H groups in total. The van der Waals surface area contributed by atoms with Crippen molar-refractivity contribution in [3.8, 4) is 11.3 Å². The Kier molecular flexibility index (Phi) is 7.07. The molecule has 2 aromatic heterocycles. The predicted molar refractivity (Wildman–Crippen MR) is 121 cm³/mol. The van der Waals surface area contributed by atoms with Gasteiger partial charge in [0.05, 0.1) is 34.4 Å². The van der Waals surface area contributed by atoms with Crippen molar-refractivity contribution in [1.29, 1.82) is 0 Å². The van der Waals surface area contributed by atoms with Gasteiger partial charge in [-0.1, -0.05) is 23.7 Å². The van der Waals surface area contributed by atoms with E-state index in [1.165, 1.54) is 30.3 Å². The second-order valence-electron chi connectivity index (χ2n) is 7.87. The predicted octanol–water partition coefficient (Wildman–Crippen LogP) is 4.59. The van der Waals surface area contributed by atoms with Crippen molar-refractivity contribution in [1.82, 2.24) is 19.6 Å². The molecule has 1 aliphatic heterocycles. The molecular weight excluding hydrogens is 551 g/mol. The molecule has 36 heavy (non-hydrogen) atoms. The van der Waals surface area contributed by atoms with E-state index in [4.69, 9.17) is 11.6 Å². The summed E-state index contributed by atoms with van der Waals surface area (Å²) >= 11 is 6.46. The third-order valence-electron chi connectivity index (χ3n) is 5.32. The van der Waals surface area contributed by atoms with Crippen molar-refractivity contribution in [2.45, 2.75) is 35.3 Å². The van der Waals surface area contributed by atoms with Crippen molar-refractivity contribution in [2.24, 2.45) is 0 Å². The largest absolute Gasteiger partial charge is 0.416 e. The summed E-state index contributed by atoms with van der Waals surface area (Å²) in [5, 5.41) is 2.41. The molecule has 1 saturated heterocycles. The fraction of sp³-hybridized carbons (Fsp3) is 0.286. The Morgan fingerprint density at radius 1 is 1.17 bits per heavy atom. The van der Waals surface area contributed by atoms with Crippen LogP contribution in [0.3, 0.4) is 0 Å². The standard InChI is InChI=1S/C21H16ClF5N4O3S2/c22-17-5-6-18(35-17)36(33,34)31-10-20(23,24)8-16(31)19(32)28-9-14-7-15(30-11-29-14)12-1-3-13(4-2-12)21(25,26)27/h1-7,11,16H,8-10H2,(H,28,32). The summed E-state index contributed by atoms with van der Waals surface area (Å²) in [5.41, 5.74) is 0.0392. The third-order valence-corrected chi connectivity index (χ3v) is 8.87. The number of halogens is 6. The smallest absolute Gasteiger partial charge is 0.349 e. The lowest BCUT2D eigenvalue weighted by Crippen LogP contribution is -2.45. The SMILES string of the molecule is O=C(NCc1cc(-c2ccc(C(F)(F)F)cc2)ncn1)C1CC(F)(F)CN1S(=O)(=O)c1ccc(Cl)s1. The van der Waals surface area contributed by atoms with E-state index in [1.54, 1.807) is 0 Å². The number of alkyl halides is 5. The first-order valence-corrected chi connectivity index (χ1v) is 12.8. The number of rotatable bonds is 6. The fourth-order valence-corrected chi connectivity index (χ4v) is 6.82. The van der Waals surface area contributed by atoms with E-state index in [2.05, 4.69) is 15.3 Å². The number of benzene rings is 1. The number of carbonyl (C=O) groups excluding carboxylic acids is 1. The van der Waals surface area contributed by atoms with Crippen LogP contribution in [0.15, 0.2) is 53.0 Å². The van der Waals surface area contributed by atoms with E-state index in [9.17, 15) is 35.2 Å². The van der Waals surface area contributed by atoms with Gasteiger partial charge in [-0.05, 0) is 30.3 Å². The number of nitrogens with zero attached hydrogens (tertiary/aromatic N) is 3. The van der Waals surface area contributed by atoms with Gasteiger partial charge >= 0.3 is 6.18 Å². The van der Waals surface area contributed by atoms with Gasteiger partial charge in [0, 0.05) is 12.0 Å². The molecule has 1 aliphatic rings. The number of carbonyl (C=O) groups is 1. The van der Waals surface area contributed by atoms with Crippen LogP contribution in [0.4, 0.5) is 22.0 Å². The first kappa shape index (κ1) is 26.4. The number of hydrogen-bond acceptors (Lipinski definition) is 6. The molecule has 0 saturated carbocycles. The molecule has 0 spiro atoms. The Labute approximate surface area is 211 Å². The van der Waals surface area contributed by atoms with Gasteiger partial charge in [-0.3, -0.25) is 4.79 Å². The molecule has 1 fully saturated rings. The molecule has 1 unspecified atom stereocenters. The van der Waals surface area contributed by atoms with Crippen molar-refractivity contribution in [3.63, 3.8) is 0 Å². The van der Waals surface area contributed by atoms with Crippen LogP contribution in [0.1, 0.15) is 17.7 Å². The summed E-state index contributed by atoms with van der Waals surface area (Å²) < 4.78 is 92.8. The van der Waals surface area contributed by atoms with Crippen molar-refractivity contribution < 1.29 is 35.2 Å². The Morgan fingerprint density at radius 2 is 1.86 bits per heavy atom. The summed E-state index contributed by atoms with van der Waals surface area (Å²) in [4.78, 5) is 20.7. The Bertz CT molecular complexity index is 1380. The van der Waals surface area contributed by atoms with Gasteiger partial charge in [0.2, 0.25) is 5.91 Å². The molecule has 7 nitrogen and oxygen atoms in total. The number of nitrogens with one attached hydrogen (secondary N) is 1. The highest BCUT2D eigenvalue weighted by Gasteiger charge is 2.53. The minimum absolute atomic E-state index is 0.146. The highest BCUT2D eigenvalue weighted by Crippen LogP contribution is 2.38. The maximum absolute atomic E-state index is 14.2. The Hall–Kier alpha value is -2.68. The number of aromatic nitrogens is 2. The average molecular weight is 567 g/mol. The van der Waals surface area contributed by atoms with Crippen LogP contribution in [0, 0.1) is 0 Å². The van der Waals surface area contributed by atoms with Crippen LogP contribution in [0.25, 0.3) is 11.3 Å². The van der Waals surface area contributed by atoms with Crippen LogP contribution < -0.4 is 5.32 Å². The number of hydrogen-bond donors (Lipinski definition) is 1. The molecule has 15 heteroatoms. The summed E-state index contributed by atoms with van der Waals surface area (Å²) in [6, 6.07) is 6.49. The van der Waals surface area contributed by atoms with Crippen LogP contribution in [0.5, 0.6) is 0 Å². The van der Waals surface area contributed by atoms with Gasteiger partial charge in [0.1, 0.15) is 16.6 Å². The van der Waals surface area contributed by atoms with Crippen molar-refractivity contribution in [3.05, 3.63) is 64.4 Å². The molecule has 1 amide bonds. The lowest BCUT2D eigenvalue weighted by molar-refractivity contribution is -0.137. The third kappa shape index (κ3) is 5.66. The zero-order valence-electron chi connectivity index (χ0n) is 18.0. The first-order valence-electron chi connectivity index (χ1n) is 10.2. The van der Waals surface area contributed by atoms with E-state index in [0.29, 0.717) is 21.2 Å². The molecule has 3 heterocycles. The Morgan fingerprint density at radius 3 is 2.47 bits per heavy atom. The van der Waals surface area contributed by atoms with E-state index < -0.39 is 52.6 Å². The van der Waals surface area contributed by atoms with Gasteiger partial charge in [0.25, 0.3) is 15.9 Å². The van der Waals surface area contributed by atoms with Gasteiger partial charge in [0.15, 0.2) is 0 Å². The van der Waals surface area contributed by atoms with Crippen LogP contribution in [-0.2, 0) is 27.5 Å². The molecule has 0 aliphatic carbocycles. The number of thiophene rings is 1. The van der Waals surface area contributed by atoms with E-state index in [-0.39, 0.29) is 26.5 Å². The first-order chi connectivity index (χ1) is 16.8. The molecule has 1 aromatic carbocycles. The minimum Gasteiger partial charge on any atom is -0.349 e. The molecule has 4 rings (SSSR count). The Balaban J connectivity index is 1.49. The lowest BCUT2D eigenvalue weighted by atomic mass is 10.1. The molecule has 1 atom stereocenters. The van der Waals surface area contributed by atoms with Gasteiger partial charge < -0.3 is 5.32 Å². The number of sulfonamides is 1. The van der Waals surface area contributed by atoms with E-state index >= 15 is 0 Å². The molecular formula is C21H16ClF5N4O3S2. The van der Waals surface area contributed by atoms with Crippen LogP contribution in [0.2, 0.25) is 4.34 Å². The van der Waals surface area contributed by atoms with Gasteiger partial charge in [-0.15, -0.1) is 11.3 Å². The molecule has 192 valence electrons. The van der Waals surface area contributed by atoms with Crippen molar-refractivity contribution in [2.75, 3.05) is 6.54 Å². The van der Waals surface area contributed by atoms with Crippen LogP contribution >= 0.6 is 22.9 Å². The summed E-state index contributed by atoms with van der Waals surface area (Å²) in [5.74, 6) is -4.37. The number of amides is 1. The quantitative estimate of drug-likeness (QED) is 0.441. The fourth-order valence-electron chi connectivity index (χ4n) is 3.59. The molecule has 0 radical (unpaired) electrons. The average Bonchev–Trinajstić information content (AvgIpc) is 3.40. The van der Waals surface area contributed by atoms with Crippen molar-refractivity contribution >= 4 is 38.9 Å². The van der Waals surface area contributed by atoms with Gasteiger partial charge in [-0.25, -0.2) is 27.2 Å². The minimum atomic E-state index is -4.49. The zero-order valence-corrected chi connectivity index (χ0v) is 20.4. The second-order valence-corrected chi connectivity index (χ2v) is 11.7. The highest BCUT2D eigenvalue weighted by atomic mass is 35.5. The van der Waals surface area contributed by atoms with Crippen LogP contribution in [-0.4, -0.2) is 47.1 Å². The maximum atomic E-state index is 14.2. The normalized spacial score (nSPS) is 18.3.